The number of hydrogen-bond acceptors (Lipinski definition) is 3. The second-order valence-electron chi connectivity index (χ2n) is 0.715. The van der Waals surface area contributed by atoms with Crippen LogP contribution in [-0.4, -0.2) is 20.7 Å². The summed E-state index contributed by atoms with van der Waals surface area (Å²) in [5.41, 5.74) is 0. The maximum Gasteiger partial charge on any atom is 1.00 e. The molecule has 0 N–H and O–H groups in total. The Morgan fingerprint density at radius 1 is 1.75 bits per heavy atom. The molecule has 0 aliphatic rings. The molecule has 0 bridgehead atoms. The fourth-order valence-electron chi connectivity index (χ4n) is 0.0995. The maximum absolute atomic E-state index is 9.52. The first kappa shape index (κ1) is 11.9. The molecule has 0 aromatic carbocycles. The molecule has 1 unspecified atom stereocenters. The van der Waals surface area contributed by atoms with E-state index < -0.39 is 11.4 Å². The van der Waals surface area contributed by atoms with Gasteiger partial charge in [-0.2, -0.15) is 0 Å². The first-order valence-electron chi connectivity index (χ1n) is 1.56. The standard InChI is InChI=1S/C2H5BrO3S.Li/c3-1-2-6-7(4)5;/h1-2H2,(H,4,5);/q;+1/p-1. The number of rotatable bonds is 3. The molecule has 0 aromatic heterocycles. The largest absolute Gasteiger partial charge is 1.00 e. The Hall–Kier alpha value is 1.15. The summed E-state index contributed by atoms with van der Waals surface area (Å²) in [6.07, 6.45) is 0. The van der Waals surface area contributed by atoms with Gasteiger partial charge in [-0.15, -0.1) is 0 Å². The molecule has 0 fully saturated rings. The fourth-order valence-corrected chi connectivity index (χ4v) is 0.695. The van der Waals surface area contributed by atoms with E-state index in [1.165, 1.54) is 0 Å². The van der Waals surface area contributed by atoms with Crippen molar-refractivity contribution in [3.8, 4) is 0 Å². The van der Waals surface area contributed by atoms with Gasteiger partial charge >= 0.3 is 18.9 Å². The molecule has 3 nitrogen and oxygen atoms in total. The van der Waals surface area contributed by atoms with E-state index in [0.29, 0.717) is 5.33 Å². The van der Waals surface area contributed by atoms with Crippen LogP contribution < -0.4 is 18.9 Å². The minimum absolute atomic E-state index is 0. The van der Waals surface area contributed by atoms with Gasteiger partial charge in [-0.05, 0) is 0 Å². The van der Waals surface area contributed by atoms with Crippen molar-refractivity contribution in [3.63, 3.8) is 0 Å². The molecule has 0 saturated heterocycles. The zero-order valence-electron chi connectivity index (χ0n) is 4.43. The second-order valence-corrected chi connectivity index (χ2v) is 2.15. The molecule has 0 saturated carbocycles. The molecular formula is C2H4BrLiO3S. The Bertz CT molecular complexity index is 70.3. The van der Waals surface area contributed by atoms with E-state index in [-0.39, 0.29) is 25.5 Å². The Kier molecular flexibility index (Phi) is 12.1. The predicted molar refractivity (Wildman–Crippen MR) is 28.7 cm³/mol. The molecule has 0 spiro atoms. The van der Waals surface area contributed by atoms with E-state index in [9.17, 15) is 8.76 Å². The molecule has 1 atom stereocenters. The van der Waals surface area contributed by atoms with Gasteiger partial charge in [-0.1, -0.05) is 15.9 Å². The molecule has 0 amide bonds. The smallest absolute Gasteiger partial charge is 0.750 e. The van der Waals surface area contributed by atoms with E-state index in [4.69, 9.17) is 0 Å². The average molecular weight is 195 g/mol. The van der Waals surface area contributed by atoms with E-state index in [1.807, 2.05) is 0 Å². The maximum atomic E-state index is 9.52. The third-order valence-electron chi connectivity index (χ3n) is 0.257. The van der Waals surface area contributed by atoms with Crippen molar-refractivity contribution in [2.24, 2.45) is 0 Å². The third-order valence-corrected chi connectivity index (χ3v) is 0.940. The van der Waals surface area contributed by atoms with Gasteiger partial charge in [0.25, 0.3) is 0 Å². The molecule has 44 valence electrons. The minimum Gasteiger partial charge on any atom is -0.750 e. The number of hydrogen-bond donors (Lipinski definition) is 0. The summed E-state index contributed by atoms with van der Waals surface area (Å²) >= 11 is 0.634. The summed E-state index contributed by atoms with van der Waals surface area (Å²) in [5.74, 6) is 0. The van der Waals surface area contributed by atoms with Crippen molar-refractivity contribution in [1.82, 2.24) is 0 Å². The third kappa shape index (κ3) is 10.2. The van der Waals surface area contributed by atoms with Gasteiger partial charge in [0.2, 0.25) is 0 Å². The van der Waals surface area contributed by atoms with Crippen LogP contribution in [0, 0.1) is 0 Å². The zero-order chi connectivity index (χ0) is 5.70. The van der Waals surface area contributed by atoms with Gasteiger partial charge in [0, 0.05) is 5.33 Å². The van der Waals surface area contributed by atoms with E-state index >= 15 is 0 Å². The van der Waals surface area contributed by atoms with E-state index in [2.05, 4.69) is 20.1 Å². The second kappa shape index (κ2) is 8.15. The predicted octanol–water partition coefficient (Wildman–Crippen LogP) is -2.80. The molecule has 0 aliphatic heterocycles. The fraction of sp³-hybridized carbons (Fsp3) is 1.00. The molecule has 0 radical (unpaired) electrons. The van der Waals surface area contributed by atoms with Gasteiger partial charge in [0.15, 0.2) is 0 Å². The topological polar surface area (TPSA) is 49.4 Å². The molecule has 8 heavy (non-hydrogen) atoms. The van der Waals surface area contributed by atoms with Crippen molar-refractivity contribution in [2.45, 2.75) is 0 Å². The normalized spacial score (nSPS) is 12.2. The monoisotopic (exact) mass is 194 g/mol. The van der Waals surface area contributed by atoms with Crippen LogP contribution in [0.15, 0.2) is 0 Å². The van der Waals surface area contributed by atoms with Crippen LogP contribution in [0.1, 0.15) is 0 Å². The number of halogens is 1. The van der Waals surface area contributed by atoms with Crippen LogP contribution in [0.4, 0.5) is 0 Å². The van der Waals surface area contributed by atoms with Gasteiger partial charge in [0.05, 0.1) is 18.0 Å². The SMILES string of the molecule is O=S([O-])OCCBr.[Li+]. The van der Waals surface area contributed by atoms with E-state index in [0.717, 1.165) is 0 Å². The molecule has 0 heterocycles. The zero-order valence-corrected chi connectivity index (χ0v) is 6.83. The van der Waals surface area contributed by atoms with Crippen LogP contribution in [0.2, 0.25) is 0 Å². The van der Waals surface area contributed by atoms with Crippen LogP contribution in [-0.2, 0) is 15.5 Å². The van der Waals surface area contributed by atoms with Gasteiger partial charge < -0.3 is 4.55 Å². The van der Waals surface area contributed by atoms with Crippen molar-refractivity contribution in [2.75, 3.05) is 11.9 Å². The quantitative estimate of drug-likeness (QED) is 0.277. The van der Waals surface area contributed by atoms with Crippen LogP contribution in [0.5, 0.6) is 0 Å². The molecule has 0 aliphatic carbocycles. The van der Waals surface area contributed by atoms with Gasteiger partial charge in [-0.3, -0.25) is 4.18 Å². The van der Waals surface area contributed by atoms with E-state index in [1.54, 1.807) is 0 Å². The Balaban J connectivity index is 0. The van der Waals surface area contributed by atoms with Crippen molar-refractivity contribution in [1.29, 1.82) is 0 Å². The van der Waals surface area contributed by atoms with Gasteiger partial charge in [0.1, 0.15) is 0 Å². The van der Waals surface area contributed by atoms with Crippen molar-refractivity contribution in [3.05, 3.63) is 0 Å². The molecule has 0 aromatic rings. The van der Waals surface area contributed by atoms with Crippen LogP contribution in [0.25, 0.3) is 0 Å². The summed E-state index contributed by atoms with van der Waals surface area (Å²) < 4.78 is 23.1. The van der Waals surface area contributed by atoms with Crippen LogP contribution >= 0.6 is 15.9 Å². The van der Waals surface area contributed by atoms with Crippen molar-refractivity contribution < 1.29 is 31.8 Å². The summed E-state index contributed by atoms with van der Waals surface area (Å²) in [7, 11) is 0. The summed E-state index contributed by atoms with van der Waals surface area (Å²) in [4.78, 5) is 0. The van der Waals surface area contributed by atoms with Crippen molar-refractivity contribution >= 4 is 27.3 Å². The Labute approximate surface area is 71.0 Å². The average Bonchev–Trinajstić information content (AvgIpc) is 1.61. The molecule has 0 rings (SSSR count). The molecular weight excluding hydrogens is 191 g/mol. The summed E-state index contributed by atoms with van der Waals surface area (Å²) in [6, 6.07) is 0. The first-order chi connectivity index (χ1) is 3.27. The number of alkyl halides is 1. The Morgan fingerprint density at radius 2 is 2.25 bits per heavy atom. The summed E-state index contributed by atoms with van der Waals surface area (Å²) in [5, 5.41) is 0.543. The Morgan fingerprint density at radius 3 is 2.38 bits per heavy atom. The minimum atomic E-state index is -2.35. The van der Waals surface area contributed by atoms with Gasteiger partial charge in [-0.25, -0.2) is 4.21 Å². The molecule has 6 heteroatoms. The summed E-state index contributed by atoms with van der Waals surface area (Å²) in [6.45, 7) is 0.204. The van der Waals surface area contributed by atoms with Crippen LogP contribution in [0.3, 0.4) is 0 Å². The first-order valence-corrected chi connectivity index (χ1v) is 3.68.